The summed E-state index contributed by atoms with van der Waals surface area (Å²) < 4.78 is 0. The summed E-state index contributed by atoms with van der Waals surface area (Å²) in [4.78, 5) is 40.5. The maximum Gasteiger partial charge on any atom is 0.264 e. The van der Waals surface area contributed by atoms with Gasteiger partial charge in [0, 0.05) is 49.7 Å². The highest BCUT2D eigenvalue weighted by molar-refractivity contribution is 5.97. The first kappa shape index (κ1) is 28.1. The van der Waals surface area contributed by atoms with Crippen LogP contribution >= 0.6 is 0 Å². The number of carbonyl (C=O) groups excluding carboxylic acids is 2. The second kappa shape index (κ2) is 11.7. The summed E-state index contributed by atoms with van der Waals surface area (Å²) in [6.45, 7) is 5.39. The number of aromatic nitrogens is 2. The van der Waals surface area contributed by atoms with Gasteiger partial charge in [-0.2, -0.15) is 5.26 Å². The van der Waals surface area contributed by atoms with E-state index in [0.29, 0.717) is 44.9 Å². The first-order valence-electron chi connectivity index (χ1n) is 15.6. The van der Waals surface area contributed by atoms with Crippen LogP contribution in [0, 0.1) is 24.2 Å². The molecule has 2 aromatic heterocycles. The number of nitrogens with zero attached hydrogens (tertiary/aromatic N) is 5. The van der Waals surface area contributed by atoms with Gasteiger partial charge in [-0.1, -0.05) is 60.2 Å². The van der Waals surface area contributed by atoms with Crippen LogP contribution in [0.5, 0.6) is 0 Å². The Hall–Kier alpha value is -4.74. The molecule has 8 nitrogen and oxygen atoms in total. The van der Waals surface area contributed by atoms with Gasteiger partial charge in [0.25, 0.3) is 5.91 Å². The van der Waals surface area contributed by atoms with Crippen LogP contribution < -0.4 is 0 Å². The number of nitrogens with one attached hydrogen (secondary N) is 1. The summed E-state index contributed by atoms with van der Waals surface area (Å²) in [5, 5.41) is 10.5. The Bertz CT molecular complexity index is 1790. The fourth-order valence-corrected chi connectivity index (χ4v) is 6.43. The molecule has 7 rings (SSSR count). The summed E-state index contributed by atoms with van der Waals surface area (Å²) in [6, 6.07) is 23.1. The first-order chi connectivity index (χ1) is 21.5. The van der Waals surface area contributed by atoms with E-state index >= 15 is 0 Å². The summed E-state index contributed by atoms with van der Waals surface area (Å²) >= 11 is 0. The molecular weight excluding hydrogens is 548 g/mol. The normalized spacial score (nSPS) is 18.8. The Balaban J connectivity index is 1.04. The van der Waals surface area contributed by atoms with E-state index in [2.05, 4.69) is 76.4 Å². The predicted octanol–water partition coefficient (Wildman–Crippen LogP) is 5.31. The number of aromatic amines is 1. The molecule has 1 unspecified atom stereocenters. The Kier molecular flexibility index (Phi) is 7.49. The molecule has 1 N–H and O–H groups in total. The molecule has 44 heavy (non-hydrogen) atoms. The largest absolute Gasteiger partial charge is 0.339 e. The third kappa shape index (κ3) is 5.63. The Morgan fingerprint density at radius 2 is 1.82 bits per heavy atom. The highest BCUT2D eigenvalue weighted by Gasteiger charge is 2.43. The van der Waals surface area contributed by atoms with Gasteiger partial charge in [-0.05, 0) is 60.9 Å². The number of hydrogen-bond acceptors (Lipinski definition) is 5. The number of carbonyl (C=O) groups is 2. The highest BCUT2D eigenvalue weighted by atomic mass is 16.2. The van der Waals surface area contributed by atoms with Crippen molar-refractivity contribution in [2.24, 2.45) is 5.92 Å². The lowest BCUT2D eigenvalue weighted by Crippen LogP contribution is -2.50. The van der Waals surface area contributed by atoms with E-state index < -0.39 is 0 Å². The quantitative estimate of drug-likeness (QED) is 0.172. The molecular formula is C36H36N6O2. The Labute approximate surface area is 257 Å². The van der Waals surface area contributed by atoms with Gasteiger partial charge in [-0.25, -0.2) is 4.98 Å². The number of pyridine rings is 1. The predicted molar refractivity (Wildman–Crippen MR) is 170 cm³/mol. The lowest BCUT2D eigenvalue weighted by molar-refractivity contribution is -0.130. The monoisotopic (exact) mass is 584 g/mol. The van der Waals surface area contributed by atoms with Crippen molar-refractivity contribution in [2.45, 2.75) is 38.8 Å². The first-order valence-corrected chi connectivity index (χ1v) is 15.6. The van der Waals surface area contributed by atoms with Gasteiger partial charge in [-0.3, -0.25) is 14.5 Å². The van der Waals surface area contributed by atoms with Crippen molar-refractivity contribution < 1.29 is 9.59 Å². The molecule has 1 saturated carbocycles. The van der Waals surface area contributed by atoms with Gasteiger partial charge >= 0.3 is 0 Å². The van der Waals surface area contributed by atoms with Gasteiger partial charge in [0.15, 0.2) is 0 Å². The van der Waals surface area contributed by atoms with Crippen molar-refractivity contribution in [3.63, 3.8) is 0 Å². The molecule has 0 radical (unpaired) electrons. The molecule has 3 fully saturated rings. The van der Waals surface area contributed by atoms with Crippen molar-refractivity contribution in [1.82, 2.24) is 24.7 Å². The molecule has 4 heterocycles. The van der Waals surface area contributed by atoms with Crippen LogP contribution in [-0.2, 0) is 16.0 Å². The molecule has 4 aromatic rings. The van der Waals surface area contributed by atoms with Crippen molar-refractivity contribution in [3.8, 4) is 28.5 Å². The van der Waals surface area contributed by atoms with Gasteiger partial charge < -0.3 is 14.8 Å². The van der Waals surface area contributed by atoms with Crippen LogP contribution in [0.1, 0.15) is 30.4 Å². The smallest absolute Gasteiger partial charge is 0.264 e. The molecule has 2 aliphatic heterocycles. The minimum absolute atomic E-state index is 0.0862. The number of piperazine rings is 1. The minimum atomic E-state index is -0.157. The zero-order chi connectivity index (χ0) is 30.2. The Morgan fingerprint density at radius 1 is 1.02 bits per heavy atom. The van der Waals surface area contributed by atoms with E-state index in [0.717, 1.165) is 58.4 Å². The van der Waals surface area contributed by atoms with E-state index in [1.54, 1.807) is 11.1 Å². The number of fused-ring (bicyclic) bond motifs is 1. The molecule has 2 saturated heterocycles. The second-order valence-electron chi connectivity index (χ2n) is 12.2. The zero-order valence-corrected chi connectivity index (χ0v) is 25.0. The summed E-state index contributed by atoms with van der Waals surface area (Å²) in [6.07, 6.45) is 6.87. The Morgan fingerprint density at radius 3 is 2.57 bits per heavy atom. The number of benzene rings is 2. The third-order valence-corrected chi connectivity index (χ3v) is 9.10. The minimum Gasteiger partial charge on any atom is -0.339 e. The molecule has 3 aliphatic rings. The van der Waals surface area contributed by atoms with Crippen LogP contribution in [0.3, 0.4) is 0 Å². The van der Waals surface area contributed by atoms with E-state index in [9.17, 15) is 14.9 Å². The topological polar surface area (TPSA) is 96.1 Å². The van der Waals surface area contributed by atoms with E-state index in [-0.39, 0.29) is 23.6 Å². The molecule has 2 aromatic carbocycles. The average molecular weight is 585 g/mol. The van der Waals surface area contributed by atoms with Crippen LogP contribution in [-0.4, -0.2) is 75.4 Å². The number of H-pyrrole nitrogens is 1. The molecule has 222 valence electrons. The van der Waals surface area contributed by atoms with E-state index in [4.69, 9.17) is 0 Å². The fraction of sp³-hybridized carbons (Fsp3) is 0.333. The second-order valence-corrected chi connectivity index (χ2v) is 12.2. The number of aryl methyl sites for hydroxylation is 2. The summed E-state index contributed by atoms with van der Waals surface area (Å²) in [7, 11) is 0. The van der Waals surface area contributed by atoms with Crippen molar-refractivity contribution >= 4 is 22.8 Å². The highest BCUT2D eigenvalue weighted by Crippen LogP contribution is 2.38. The van der Waals surface area contributed by atoms with Crippen LogP contribution in [0.15, 0.2) is 78.5 Å². The SMILES string of the molecule is Cc1ccc(-c2[nH]c3ncccc3c2CCC(=O)N2CC2N2CCN(C(=O)C(C#N)=CC3CC3)CC2)c(-c2ccccc2)c1. The van der Waals surface area contributed by atoms with E-state index in [1.165, 1.54) is 5.56 Å². The molecule has 8 heteroatoms. The van der Waals surface area contributed by atoms with Crippen molar-refractivity contribution in [2.75, 3.05) is 32.7 Å². The molecule has 1 aliphatic carbocycles. The molecule has 2 amide bonds. The van der Waals surface area contributed by atoms with Crippen molar-refractivity contribution in [1.29, 1.82) is 5.26 Å². The van der Waals surface area contributed by atoms with Crippen LogP contribution in [0.2, 0.25) is 0 Å². The number of amides is 2. The average Bonchev–Trinajstić information content (AvgIpc) is 4.00. The molecule has 0 spiro atoms. The number of allylic oxidation sites excluding steroid dienone is 1. The van der Waals surface area contributed by atoms with Crippen molar-refractivity contribution in [3.05, 3.63) is 89.6 Å². The van der Waals surface area contributed by atoms with Gasteiger partial charge in [-0.15, -0.1) is 0 Å². The summed E-state index contributed by atoms with van der Waals surface area (Å²) in [5.74, 6) is 0.375. The standard InChI is InChI=1S/C36H36N6O2/c1-24-9-12-29(31(20-24)26-6-3-2-4-7-26)34-28(30-8-5-15-38-35(30)39-34)13-14-33(43)42-23-32(42)40-16-18-41(19-17-40)36(44)27(22-37)21-25-10-11-25/h2-9,12,15,20-21,25,32H,10-11,13-14,16-19,23H2,1H3,(H,38,39). The lowest BCUT2D eigenvalue weighted by atomic mass is 9.93. The zero-order valence-electron chi connectivity index (χ0n) is 25.0. The number of rotatable bonds is 8. The maximum atomic E-state index is 13.4. The maximum absolute atomic E-state index is 13.4. The summed E-state index contributed by atoms with van der Waals surface area (Å²) in [5.41, 5.74) is 7.82. The third-order valence-electron chi connectivity index (χ3n) is 9.10. The van der Waals surface area contributed by atoms with Gasteiger partial charge in [0.05, 0.1) is 12.2 Å². The van der Waals surface area contributed by atoms with Gasteiger partial charge in [0.2, 0.25) is 5.91 Å². The van der Waals surface area contributed by atoms with Crippen LogP contribution in [0.4, 0.5) is 0 Å². The number of hydrogen-bond donors (Lipinski definition) is 1. The molecule has 1 atom stereocenters. The fourth-order valence-electron chi connectivity index (χ4n) is 6.43. The van der Waals surface area contributed by atoms with Gasteiger partial charge in [0.1, 0.15) is 23.5 Å². The van der Waals surface area contributed by atoms with E-state index in [1.807, 2.05) is 23.1 Å². The number of nitriles is 1. The lowest BCUT2D eigenvalue weighted by Gasteiger charge is -2.34. The molecule has 0 bridgehead atoms. The van der Waals surface area contributed by atoms with Crippen LogP contribution in [0.25, 0.3) is 33.4 Å².